The van der Waals surface area contributed by atoms with Gasteiger partial charge >= 0.3 is 0 Å². The predicted molar refractivity (Wildman–Crippen MR) is 142 cm³/mol. The van der Waals surface area contributed by atoms with Crippen LogP contribution in [0.3, 0.4) is 0 Å². The number of benzene rings is 2. The molecule has 2 aromatic carbocycles. The number of ether oxygens (including phenoxy) is 1. The molecule has 0 radical (unpaired) electrons. The fourth-order valence-corrected chi connectivity index (χ4v) is 4.21. The van der Waals surface area contributed by atoms with Crippen LogP contribution in [0.5, 0.6) is 0 Å². The topological polar surface area (TPSA) is 103 Å². The SMILES string of the molecule is C[C@H](O)CN(C)C(=O)c1cc(Nc2nccc(NCc3cccc(Cl)c3)n2)cc(N2CCOCC2)c1. The molecule has 4 rings (SSSR count). The number of hydrogen-bond donors (Lipinski definition) is 3. The highest BCUT2D eigenvalue weighted by atomic mass is 35.5. The number of anilines is 4. The van der Waals surface area contributed by atoms with E-state index in [2.05, 4.69) is 25.5 Å². The molecule has 1 atom stereocenters. The van der Waals surface area contributed by atoms with E-state index in [1.54, 1.807) is 32.3 Å². The summed E-state index contributed by atoms with van der Waals surface area (Å²) >= 11 is 6.08. The van der Waals surface area contributed by atoms with Gasteiger partial charge in [-0.2, -0.15) is 4.98 Å². The molecule has 36 heavy (non-hydrogen) atoms. The molecule has 1 aliphatic rings. The number of aliphatic hydroxyl groups excluding tert-OH is 1. The number of nitrogens with zero attached hydrogens (tertiary/aromatic N) is 4. The second-order valence-electron chi connectivity index (χ2n) is 8.78. The molecule has 0 saturated carbocycles. The first-order valence-corrected chi connectivity index (χ1v) is 12.2. The van der Waals surface area contributed by atoms with E-state index in [4.69, 9.17) is 16.3 Å². The van der Waals surface area contributed by atoms with Gasteiger partial charge in [0.2, 0.25) is 5.95 Å². The van der Waals surface area contributed by atoms with Gasteiger partial charge in [-0.25, -0.2) is 4.98 Å². The molecular weight excluding hydrogens is 480 g/mol. The number of hydrogen-bond acceptors (Lipinski definition) is 8. The maximum atomic E-state index is 13.1. The van der Waals surface area contributed by atoms with Gasteiger partial charge < -0.3 is 30.3 Å². The summed E-state index contributed by atoms with van der Waals surface area (Å²) in [4.78, 5) is 25.7. The Morgan fingerprint density at radius 1 is 1.22 bits per heavy atom. The second kappa shape index (κ2) is 12.0. The van der Waals surface area contributed by atoms with Crippen molar-refractivity contribution in [2.75, 3.05) is 55.4 Å². The quantitative estimate of drug-likeness (QED) is 0.400. The zero-order valence-electron chi connectivity index (χ0n) is 20.4. The van der Waals surface area contributed by atoms with E-state index in [0.29, 0.717) is 47.8 Å². The minimum atomic E-state index is -0.616. The second-order valence-corrected chi connectivity index (χ2v) is 9.21. The summed E-state index contributed by atoms with van der Waals surface area (Å²) in [6.07, 6.45) is 1.05. The summed E-state index contributed by atoms with van der Waals surface area (Å²) in [5.74, 6) is 0.887. The van der Waals surface area contributed by atoms with Crippen molar-refractivity contribution in [1.29, 1.82) is 0 Å². The molecular formula is C26H31ClN6O3. The monoisotopic (exact) mass is 510 g/mol. The van der Waals surface area contributed by atoms with Crippen molar-refractivity contribution in [3.05, 3.63) is 70.9 Å². The van der Waals surface area contributed by atoms with Gasteiger partial charge in [-0.05, 0) is 48.9 Å². The van der Waals surface area contributed by atoms with Crippen LogP contribution in [0, 0.1) is 0 Å². The lowest BCUT2D eigenvalue weighted by Crippen LogP contribution is -2.36. The fraction of sp³-hybridized carbons (Fsp3) is 0.346. The third kappa shape index (κ3) is 7.07. The highest BCUT2D eigenvalue weighted by Crippen LogP contribution is 2.26. The number of carbonyl (C=O) groups is 1. The first-order valence-electron chi connectivity index (χ1n) is 11.9. The molecule has 190 valence electrons. The van der Waals surface area contributed by atoms with Crippen LogP contribution in [0.1, 0.15) is 22.8 Å². The van der Waals surface area contributed by atoms with Crippen LogP contribution in [0.25, 0.3) is 0 Å². The molecule has 1 aromatic heterocycles. The van der Waals surface area contributed by atoms with Crippen LogP contribution in [0.15, 0.2) is 54.7 Å². The van der Waals surface area contributed by atoms with Gasteiger partial charge in [0, 0.05) is 61.4 Å². The molecule has 1 amide bonds. The van der Waals surface area contributed by atoms with E-state index >= 15 is 0 Å². The molecule has 1 saturated heterocycles. The maximum absolute atomic E-state index is 13.1. The van der Waals surface area contributed by atoms with E-state index in [0.717, 1.165) is 24.3 Å². The van der Waals surface area contributed by atoms with Crippen molar-refractivity contribution >= 4 is 40.6 Å². The number of likely N-dealkylation sites (N-methyl/N-ethyl adjacent to an activating group) is 1. The summed E-state index contributed by atoms with van der Waals surface area (Å²) < 4.78 is 5.49. The Morgan fingerprint density at radius 2 is 2.03 bits per heavy atom. The molecule has 0 unspecified atom stereocenters. The van der Waals surface area contributed by atoms with Gasteiger partial charge in [-0.1, -0.05) is 23.7 Å². The number of amides is 1. The third-order valence-corrected chi connectivity index (χ3v) is 5.94. The van der Waals surface area contributed by atoms with Crippen molar-refractivity contribution in [1.82, 2.24) is 14.9 Å². The number of rotatable bonds is 9. The minimum Gasteiger partial charge on any atom is -0.392 e. The van der Waals surface area contributed by atoms with Crippen LogP contribution in [0.4, 0.5) is 23.1 Å². The average Bonchev–Trinajstić information content (AvgIpc) is 2.87. The largest absolute Gasteiger partial charge is 0.392 e. The van der Waals surface area contributed by atoms with E-state index in [-0.39, 0.29) is 12.5 Å². The molecule has 0 aliphatic carbocycles. The molecule has 0 bridgehead atoms. The Bertz CT molecular complexity index is 1190. The van der Waals surface area contributed by atoms with Gasteiger partial charge in [-0.3, -0.25) is 4.79 Å². The zero-order chi connectivity index (χ0) is 25.5. The van der Waals surface area contributed by atoms with Crippen LogP contribution >= 0.6 is 11.6 Å². The first-order chi connectivity index (χ1) is 17.4. The van der Waals surface area contributed by atoms with E-state index in [9.17, 15) is 9.90 Å². The number of aliphatic hydroxyl groups is 1. The molecule has 2 heterocycles. The van der Waals surface area contributed by atoms with E-state index < -0.39 is 6.10 Å². The Labute approximate surface area is 216 Å². The lowest BCUT2D eigenvalue weighted by molar-refractivity contribution is 0.0704. The zero-order valence-corrected chi connectivity index (χ0v) is 21.2. The molecule has 1 fully saturated rings. The smallest absolute Gasteiger partial charge is 0.253 e. The number of morpholine rings is 1. The summed E-state index contributed by atoms with van der Waals surface area (Å²) in [6.45, 7) is 5.20. The number of carbonyl (C=O) groups excluding carboxylic acids is 1. The Morgan fingerprint density at radius 3 is 2.78 bits per heavy atom. The molecule has 10 heteroatoms. The summed E-state index contributed by atoms with van der Waals surface area (Å²) in [5, 5.41) is 16.9. The van der Waals surface area contributed by atoms with Crippen LogP contribution < -0.4 is 15.5 Å². The van der Waals surface area contributed by atoms with Gasteiger partial charge in [0.05, 0.1) is 19.3 Å². The molecule has 3 aromatic rings. The lowest BCUT2D eigenvalue weighted by atomic mass is 10.1. The highest BCUT2D eigenvalue weighted by Gasteiger charge is 2.19. The normalized spacial score (nSPS) is 14.3. The highest BCUT2D eigenvalue weighted by molar-refractivity contribution is 6.30. The lowest BCUT2D eigenvalue weighted by Gasteiger charge is -2.30. The Hall–Kier alpha value is -3.40. The van der Waals surface area contributed by atoms with Gasteiger partial charge in [0.15, 0.2) is 0 Å². The Balaban J connectivity index is 1.55. The van der Waals surface area contributed by atoms with Crippen molar-refractivity contribution in [3.8, 4) is 0 Å². The van der Waals surface area contributed by atoms with Crippen molar-refractivity contribution < 1.29 is 14.6 Å². The summed E-state index contributed by atoms with van der Waals surface area (Å²) in [5.41, 5.74) is 3.16. The van der Waals surface area contributed by atoms with Crippen molar-refractivity contribution in [2.45, 2.75) is 19.6 Å². The summed E-state index contributed by atoms with van der Waals surface area (Å²) in [6, 6.07) is 15.1. The van der Waals surface area contributed by atoms with E-state index in [1.165, 1.54) is 4.90 Å². The Kier molecular flexibility index (Phi) is 8.58. The maximum Gasteiger partial charge on any atom is 0.253 e. The van der Waals surface area contributed by atoms with Crippen molar-refractivity contribution in [3.63, 3.8) is 0 Å². The van der Waals surface area contributed by atoms with E-state index in [1.807, 2.05) is 36.4 Å². The molecule has 9 nitrogen and oxygen atoms in total. The number of halogens is 1. The van der Waals surface area contributed by atoms with Crippen LogP contribution in [0.2, 0.25) is 5.02 Å². The molecule has 3 N–H and O–H groups in total. The first kappa shape index (κ1) is 25.7. The van der Waals surface area contributed by atoms with Gasteiger partial charge in [0.25, 0.3) is 5.91 Å². The number of aromatic nitrogens is 2. The van der Waals surface area contributed by atoms with Crippen molar-refractivity contribution in [2.24, 2.45) is 0 Å². The molecule has 0 spiro atoms. The van der Waals surface area contributed by atoms with Crippen LogP contribution in [-0.4, -0.2) is 71.9 Å². The predicted octanol–water partition coefficient (Wildman–Crippen LogP) is 3.78. The van der Waals surface area contributed by atoms with Gasteiger partial charge in [0.1, 0.15) is 5.82 Å². The summed E-state index contributed by atoms with van der Waals surface area (Å²) in [7, 11) is 1.68. The fourth-order valence-electron chi connectivity index (χ4n) is 4.00. The number of nitrogens with one attached hydrogen (secondary N) is 2. The average molecular weight is 511 g/mol. The van der Waals surface area contributed by atoms with Gasteiger partial charge in [-0.15, -0.1) is 0 Å². The standard InChI is InChI=1S/C26H31ClN6O3/c1-18(34)17-32(2)25(35)20-13-22(15-23(14-20)33-8-10-36-11-9-33)30-26-28-7-6-24(31-26)29-16-19-4-3-5-21(27)12-19/h3-7,12-15,18,34H,8-11,16-17H2,1-2H3,(H2,28,29,30,31)/t18-/m0/s1. The minimum absolute atomic E-state index is 0.174. The van der Waals surface area contributed by atoms with Crippen LogP contribution in [-0.2, 0) is 11.3 Å². The third-order valence-electron chi connectivity index (χ3n) is 5.70. The molecule has 1 aliphatic heterocycles.